The highest BCUT2D eigenvalue weighted by molar-refractivity contribution is 6.01. The van der Waals surface area contributed by atoms with Crippen molar-refractivity contribution in [1.29, 1.82) is 0 Å². The molecule has 0 amide bonds. The van der Waals surface area contributed by atoms with Crippen molar-refractivity contribution in [3.63, 3.8) is 0 Å². The van der Waals surface area contributed by atoms with Crippen LogP contribution in [0.3, 0.4) is 0 Å². The van der Waals surface area contributed by atoms with E-state index in [1.807, 2.05) is 0 Å². The van der Waals surface area contributed by atoms with Crippen molar-refractivity contribution in [3.05, 3.63) is 0 Å². The molecule has 0 rings (SSSR count). The van der Waals surface area contributed by atoms with Crippen LogP contribution in [0.4, 0.5) is 0 Å². The van der Waals surface area contributed by atoms with Crippen LogP contribution >= 0.6 is 0 Å². The molecular weight excluding hydrogens is 88.2 g/mol. The average Bonchev–Trinajstić information content (AvgIpc) is 1.37. The highest BCUT2D eigenvalue weighted by Gasteiger charge is 1.47. The third-order valence-electron chi connectivity index (χ3n) is 0.167. The molecule has 0 aliphatic heterocycles. The van der Waals surface area contributed by atoms with Crippen molar-refractivity contribution in [2.75, 3.05) is 0 Å². The van der Waals surface area contributed by atoms with E-state index in [9.17, 15) is 0 Å². The van der Waals surface area contributed by atoms with E-state index in [1.54, 1.807) is 0 Å². The molecule has 0 aliphatic rings. The maximum absolute atomic E-state index is 4.24. The van der Waals surface area contributed by atoms with Crippen LogP contribution in [0.25, 0.3) is 0 Å². The molecule has 0 fully saturated rings. The van der Waals surface area contributed by atoms with Crippen molar-refractivity contribution in [2.45, 2.75) is 0 Å². The summed E-state index contributed by atoms with van der Waals surface area (Å²) in [5.74, 6) is 0. The van der Waals surface area contributed by atoms with Crippen LogP contribution in [0, 0.1) is 0 Å². The zero-order chi connectivity index (χ0) is 3.41. The van der Waals surface area contributed by atoms with Crippen LogP contribution in [0.15, 0.2) is 0 Å². The van der Waals surface area contributed by atoms with E-state index in [-0.39, 0.29) is 0 Å². The van der Waals surface area contributed by atoms with Crippen molar-refractivity contribution < 1.29 is 9.15 Å². The lowest BCUT2D eigenvalue weighted by molar-refractivity contribution is -0.0859. The van der Waals surface area contributed by atoms with Gasteiger partial charge in [-0.05, 0) is 0 Å². The number of hydrogen-bond acceptors (Lipinski definition) is 2. The fourth-order valence-corrected chi connectivity index (χ4v) is 0. The monoisotopic (exact) mass is 94.0 g/mol. The van der Waals surface area contributed by atoms with Gasteiger partial charge in [0, 0.05) is 0 Å². The zero-order valence-electron chi connectivity index (χ0n) is 2.82. The molecule has 0 aromatic heterocycles. The molecule has 0 atom stereocenters. The number of rotatable bonds is 1. The first-order chi connectivity index (χ1) is 1.91. The van der Waals surface area contributed by atoms with E-state index in [1.165, 1.54) is 0 Å². The minimum absolute atomic E-state index is 0.702. The lowest BCUT2D eigenvalue weighted by Gasteiger charge is -1.81. The molecule has 4 heavy (non-hydrogen) atoms. The molecule has 0 aromatic carbocycles. The summed E-state index contributed by atoms with van der Waals surface area (Å²) in [6, 6.07) is 0. The Kier molecular flexibility index (Phi) is 3.65. The molecule has 0 unspecified atom stereocenters. The van der Waals surface area contributed by atoms with Gasteiger partial charge in [0.1, 0.15) is 0 Å². The third-order valence-corrected chi connectivity index (χ3v) is 1.50. The highest BCUT2D eigenvalue weighted by atomic mass is 28.2. The Labute approximate surface area is 31.1 Å². The van der Waals surface area contributed by atoms with Gasteiger partial charge in [0.2, 0.25) is 0 Å². The molecule has 4 heteroatoms. The van der Waals surface area contributed by atoms with Crippen LogP contribution < -0.4 is 0 Å². The lowest BCUT2D eigenvalue weighted by atomic mass is 14.9. The minimum atomic E-state index is 0.702. The maximum atomic E-state index is 4.24. The molecule has 0 N–H and O–H groups in total. The molecule has 0 saturated heterocycles. The Morgan fingerprint density at radius 2 is 1.25 bits per heavy atom. The summed E-state index contributed by atoms with van der Waals surface area (Å²) in [5.41, 5.74) is 0. The van der Waals surface area contributed by atoms with E-state index in [4.69, 9.17) is 0 Å². The lowest BCUT2D eigenvalue weighted by Crippen LogP contribution is -1.78. The van der Waals surface area contributed by atoms with Crippen LogP contribution in [-0.4, -0.2) is 21.0 Å². The van der Waals surface area contributed by atoms with Crippen molar-refractivity contribution >= 4 is 21.0 Å². The minimum Gasteiger partial charge on any atom is -0.311 e. The Bertz CT molecular complexity index is 6.00. The van der Waals surface area contributed by atoms with E-state index in [2.05, 4.69) is 9.15 Å². The molecule has 0 saturated carbocycles. The van der Waals surface area contributed by atoms with Gasteiger partial charge in [-0.2, -0.15) is 0 Å². The maximum Gasteiger partial charge on any atom is 0.191 e. The van der Waals surface area contributed by atoms with Crippen LogP contribution in [0.5, 0.6) is 0 Å². The second-order valence-electron chi connectivity index (χ2n) is 0.333. The third kappa shape index (κ3) is 2.35. The van der Waals surface area contributed by atoms with Gasteiger partial charge in [0.15, 0.2) is 21.0 Å². The summed E-state index contributed by atoms with van der Waals surface area (Å²) in [7, 11) is 1.40. The van der Waals surface area contributed by atoms with E-state index >= 15 is 0 Å². The average molecular weight is 94.2 g/mol. The van der Waals surface area contributed by atoms with Crippen molar-refractivity contribution in [2.24, 2.45) is 0 Å². The zero-order valence-corrected chi connectivity index (χ0v) is 6.82. The summed E-state index contributed by atoms with van der Waals surface area (Å²) in [4.78, 5) is 0. The predicted octanol–water partition coefficient (Wildman–Crippen LogP) is -2.50. The summed E-state index contributed by atoms with van der Waals surface area (Å²) < 4.78 is 8.48. The molecule has 0 aromatic rings. The standard InChI is InChI=1S/H6O2Si2/c3-1-2-4/h3-4H3. The van der Waals surface area contributed by atoms with Gasteiger partial charge < -0.3 is 9.15 Å². The fourth-order valence-electron chi connectivity index (χ4n) is 0. The normalized spacial score (nSPS) is 9.00. The van der Waals surface area contributed by atoms with Crippen molar-refractivity contribution in [3.8, 4) is 0 Å². The van der Waals surface area contributed by atoms with Gasteiger partial charge in [-0.25, -0.2) is 0 Å². The van der Waals surface area contributed by atoms with Gasteiger partial charge in [-0.3, -0.25) is 0 Å². The fraction of sp³-hybridized carbons (Fsp3) is 0. The van der Waals surface area contributed by atoms with Crippen LogP contribution in [0.2, 0.25) is 0 Å². The van der Waals surface area contributed by atoms with Crippen LogP contribution in [-0.2, 0) is 9.15 Å². The van der Waals surface area contributed by atoms with Gasteiger partial charge in [-0.15, -0.1) is 0 Å². The molecule has 0 aliphatic carbocycles. The Morgan fingerprint density at radius 3 is 1.25 bits per heavy atom. The molecule has 2 nitrogen and oxygen atoms in total. The molecule has 0 heterocycles. The predicted molar refractivity (Wildman–Crippen MR) is 22.0 cm³/mol. The molecular formula is H6O2Si2. The number of hydrogen-bond donors (Lipinski definition) is 0. The molecule has 0 spiro atoms. The smallest absolute Gasteiger partial charge is 0.191 e. The topological polar surface area (TPSA) is 18.5 Å². The Hall–Kier alpha value is 0.354. The summed E-state index contributed by atoms with van der Waals surface area (Å²) in [6.07, 6.45) is 0. The van der Waals surface area contributed by atoms with Gasteiger partial charge in [-0.1, -0.05) is 0 Å². The highest BCUT2D eigenvalue weighted by Crippen LogP contribution is 1.47. The first kappa shape index (κ1) is 4.35. The summed E-state index contributed by atoms with van der Waals surface area (Å²) >= 11 is 0. The first-order valence-electron chi connectivity index (χ1n) is 0.983. The van der Waals surface area contributed by atoms with E-state index in [0.717, 1.165) is 0 Å². The molecule has 0 bridgehead atoms. The second-order valence-corrected chi connectivity index (χ2v) is 1.00. The molecule has 0 radical (unpaired) electrons. The van der Waals surface area contributed by atoms with Crippen molar-refractivity contribution in [1.82, 2.24) is 0 Å². The SMILES string of the molecule is [SiH3]OO[SiH3]. The Balaban J connectivity index is 1.97. The van der Waals surface area contributed by atoms with Crippen LogP contribution in [0.1, 0.15) is 0 Å². The second kappa shape index (κ2) is 3.35. The summed E-state index contributed by atoms with van der Waals surface area (Å²) in [5, 5.41) is 0. The Morgan fingerprint density at radius 1 is 1.00 bits per heavy atom. The summed E-state index contributed by atoms with van der Waals surface area (Å²) in [6.45, 7) is 0. The van der Waals surface area contributed by atoms with Gasteiger partial charge >= 0.3 is 0 Å². The van der Waals surface area contributed by atoms with E-state index in [0.29, 0.717) is 21.0 Å². The van der Waals surface area contributed by atoms with Gasteiger partial charge in [0.05, 0.1) is 0 Å². The first-order valence-corrected chi connectivity index (χ1v) is 2.62. The largest absolute Gasteiger partial charge is 0.311 e. The van der Waals surface area contributed by atoms with E-state index < -0.39 is 0 Å². The molecule has 26 valence electrons. The quantitative estimate of drug-likeness (QED) is 0.203. The van der Waals surface area contributed by atoms with Gasteiger partial charge in [0.25, 0.3) is 0 Å².